The number of aliphatic hydroxyl groups excluding tert-OH is 1. The van der Waals surface area contributed by atoms with E-state index in [1.807, 2.05) is 12.1 Å². The Morgan fingerprint density at radius 1 is 1.12 bits per heavy atom. The number of aromatic nitrogens is 2. The normalized spacial score (nSPS) is 14.8. The highest BCUT2D eigenvalue weighted by atomic mass is 35.5. The molecule has 4 rings (SSSR count). The molecule has 32 heavy (non-hydrogen) atoms. The molecule has 10 heteroatoms. The Kier molecular flexibility index (Phi) is 6.11. The molecule has 0 fully saturated rings. The number of rotatable bonds is 7. The van der Waals surface area contributed by atoms with Crippen molar-refractivity contribution in [3.05, 3.63) is 80.0 Å². The fourth-order valence-electron chi connectivity index (χ4n) is 3.63. The fraction of sp³-hybridized carbons (Fsp3) is 0.273. The molecule has 0 spiro atoms. The summed E-state index contributed by atoms with van der Waals surface area (Å²) in [6, 6.07) is 14.4. The highest BCUT2D eigenvalue weighted by molar-refractivity contribution is 6.30. The van der Waals surface area contributed by atoms with Crippen LogP contribution >= 0.6 is 11.6 Å². The van der Waals surface area contributed by atoms with Crippen LogP contribution in [-0.2, 0) is 20.1 Å². The number of hydrogen-bond donors (Lipinski definition) is 2. The number of nitrogens with one attached hydrogen (secondary N) is 1. The Bertz CT molecular complexity index is 1240. The molecular weight excluding hydrogens is 436 g/mol. The first-order valence-electron chi connectivity index (χ1n) is 9.96. The molecule has 3 aromatic rings. The minimum Gasteiger partial charge on any atom is -0.497 e. The summed E-state index contributed by atoms with van der Waals surface area (Å²) in [4.78, 5) is 27.7. The largest absolute Gasteiger partial charge is 0.497 e. The Hall–Kier alpha value is -3.43. The molecule has 168 valence electrons. The first kappa shape index (κ1) is 21.8. The molecule has 2 aromatic carbocycles. The van der Waals surface area contributed by atoms with Crippen LogP contribution in [0.1, 0.15) is 5.56 Å². The van der Waals surface area contributed by atoms with Gasteiger partial charge in [-0.15, -0.1) is 0 Å². The van der Waals surface area contributed by atoms with Crippen molar-refractivity contribution in [2.24, 2.45) is 7.05 Å². The number of nitrogens with zero attached hydrogens (tertiary/aromatic N) is 3. The number of ether oxygens (including phenoxy) is 2. The minimum absolute atomic E-state index is 0.102. The topological polar surface area (TPSA) is 98.0 Å². The Labute approximate surface area is 189 Å². The summed E-state index contributed by atoms with van der Waals surface area (Å²) in [5.74, 6) is 1.49. The van der Waals surface area contributed by atoms with Gasteiger partial charge in [0.15, 0.2) is 0 Å². The van der Waals surface area contributed by atoms with E-state index in [4.69, 9.17) is 21.1 Å². The van der Waals surface area contributed by atoms with Crippen LogP contribution in [0.5, 0.6) is 11.5 Å². The molecule has 2 heterocycles. The van der Waals surface area contributed by atoms with E-state index in [2.05, 4.69) is 5.32 Å². The molecule has 0 radical (unpaired) electrons. The van der Waals surface area contributed by atoms with Crippen LogP contribution in [-0.4, -0.2) is 34.3 Å². The van der Waals surface area contributed by atoms with Crippen molar-refractivity contribution in [1.29, 1.82) is 0 Å². The SMILES string of the molecule is COc1cccc(OC2Nc3c(c(=O)n(CCO)c(=O)n3C)N2Cc2ccc(Cl)cc2)c1. The van der Waals surface area contributed by atoms with E-state index < -0.39 is 17.6 Å². The first-order valence-corrected chi connectivity index (χ1v) is 10.3. The predicted octanol–water partition coefficient (Wildman–Crippen LogP) is 2.00. The number of methoxy groups -OCH3 is 1. The van der Waals surface area contributed by atoms with Crippen molar-refractivity contribution >= 4 is 23.1 Å². The molecular formula is C22H23ClN4O5. The van der Waals surface area contributed by atoms with Gasteiger partial charge in [-0.05, 0) is 29.8 Å². The molecule has 0 amide bonds. The van der Waals surface area contributed by atoms with Crippen LogP contribution in [0.15, 0.2) is 58.1 Å². The maximum atomic E-state index is 13.2. The number of halogens is 1. The molecule has 1 aliphatic rings. The molecule has 0 saturated carbocycles. The lowest BCUT2D eigenvalue weighted by atomic mass is 10.2. The van der Waals surface area contributed by atoms with Gasteiger partial charge in [-0.2, -0.15) is 0 Å². The number of benzene rings is 2. The zero-order valence-electron chi connectivity index (χ0n) is 17.6. The van der Waals surface area contributed by atoms with Crippen LogP contribution in [0.25, 0.3) is 0 Å². The van der Waals surface area contributed by atoms with Gasteiger partial charge in [0.25, 0.3) is 11.9 Å². The zero-order valence-corrected chi connectivity index (χ0v) is 18.4. The quantitative estimate of drug-likeness (QED) is 0.558. The Balaban J connectivity index is 1.79. The molecule has 2 N–H and O–H groups in total. The number of anilines is 2. The van der Waals surface area contributed by atoms with E-state index in [0.717, 1.165) is 10.1 Å². The number of fused-ring (bicyclic) bond motifs is 1. The van der Waals surface area contributed by atoms with Gasteiger partial charge in [-0.1, -0.05) is 29.8 Å². The van der Waals surface area contributed by atoms with Crippen LogP contribution in [0, 0.1) is 0 Å². The monoisotopic (exact) mass is 458 g/mol. The molecule has 0 bridgehead atoms. The van der Waals surface area contributed by atoms with Gasteiger partial charge in [0.05, 0.1) is 20.3 Å². The molecule has 1 aromatic heterocycles. The molecule has 1 aliphatic heterocycles. The van der Waals surface area contributed by atoms with Crippen LogP contribution in [0.2, 0.25) is 5.02 Å². The van der Waals surface area contributed by atoms with Crippen molar-refractivity contribution in [1.82, 2.24) is 9.13 Å². The maximum absolute atomic E-state index is 13.2. The number of hydrogen-bond acceptors (Lipinski definition) is 7. The third kappa shape index (κ3) is 4.04. The van der Waals surface area contributed by atoms with Crippen LogP contribution in [0.3, 0.4) is 0 Å². The highest BCUT2D eigenvalue weighted by Crippen LogP contribution is 2.33. The Morgan fingerprint density at radius 3 is 2.53 bits per heavy atom. The lowest BCUT2D eigenvalue weighted by Gasteiger charge is -2.26. The third-order valence-corrected chi connectivity index (χ3v) is 5.49. The van der Waals surface area contributed by atoms with Gasteiger partial charge in [0, 0.05) is 24.7 Å². The van der Waals surface area contributed by atoms with E-state index in [9.17, 15) is 14.7 Å². The van der Waals surface area contributed by atoms with Crippen molar-refractivity contribution < 1.29 is 14.6 Å². The molecule has 9 nitrogen and oxygen atoms in total. The summed E-state index contributed by atoms with van der Waals surface area (Å²) in [5, 5.41) is 13.1. The summed E-state index contributed by atoms with van der Waals surface area (Å²) in [6.07, 6.45) is -0.768. The second kappa shape index (κ2) is 8.97. The average Bonchev–Trinajstić information content (AvgIpc) is 3.15. The zero-order chi connectivity index (χ0) is 22.8. The van der Waals surface area contributed by atoms with Crippen molar-refractivity contribution in [3.63, 3.8) is 0 Å². The second-order valence-corrected chi connectivity index (χ2v) is 7.70. The first-order chi connectivity index (χ1) is 15.4. The molecule has 1 atom stereocenters. The van der Waals surface area contributed by atoms with E-state index in [-0.39, 0.29) is 18.8 Å². The molecule has 0 aliphatic carbocycles. The van der Waals surface area contributed by atoms with Gasteiger partial charge in [0.2, 0.25) is 0 Å². The standard InChI is InChI=1S/C22H23ClN4O5/c1-25-19-18(20(29)26(10-11-28)22(25)30)27(13-14-6-8-15(23)9-7-14)21(24-19)32-17-5-3-4-16(12-17)31-2/h3-9,12,21,24,28H,10-11,13H2,1-2H3. The summed E-state index contributed by atoms with van der Waals surface area (Å²) in [5.41, 5.74) is 0.146. The summed E-state index contributed by atoms with van der Waals surface area (Å²) < 4.78 is 13.8. The minimum atomic E-state index is -0.768. The van der Waals surface area contributed by atoms with Crippen molar-refractivity contribution in [3.8, 4) is 11.5 Å². The molecule has 0 saturated heterocycles. The van der Waals surface area contributed by atoms with Gasteiger partial charge in [-0.3, -0.25) is 13.9 Å². The van der Waals surface area contributed by atoms with Gasteiger partial charge in [0.1, 0.15) is 23.0 Å². The van der Waals surface area contributed by atoms with Crippen LogP contribution in [0.4, 0.5) is 11.5 Å². The third-order valence-electron chi connectivity index (χ3n) is 5.23. The molecule has 1 unspecified atom stereocenters. The number of aliphatic hydroxyl groups is 1. The van der Waals surface area contributed by atoms with Gasteiger partial charge < -0.3 is 24.8 Å². The lowest BCUT2D eigenvalue weighted by molar-refractivity contribution is 0.227. The maximum Gasteiger partial charge on any atom is 0.332 e. The predicted molar refractivity (Wildman–Crippen MR) is 122 cm³/mol. The van der Waals surface area contributed by atoms with E-state index in [1.165, 1.54) is 4.57 Å². The average molecular weight is 459 g/mol. The van der Waals surface area contributed by atoms with Gasteiger partial charge >= 0.3 is 5.69 Å². The summed E-state index contributed by atoms with van der Waals surface area (Å²) in [6.45, 7) is -0.115. The van der Waals surface area contributed by atoms with E-state index in [0.29, 0.717) is 28.9 Å². The van der Waals surface area contributed by atoms with E-state index in [1.54, 1.807) is 55.5 Å². The van der Waals surface area contributed by atoms with E-state index >= 15 is 0 Å². The summed E-state index contributed by atoms with van der Waals surface area (Å²) in [7, 11) is 3.13. The summed E-state index contributed by atoms with van der Waals surface area (Å²) >= 11 is 6.02. The highest BCUT2D eigenvalue weighted by Gasteiger charge is 2.36. The lowest BCUT2D eigenvalue weighted by Crippen LogP contribution is -2.43. The van der Waals surface area contributed by atoms with Crippen LogP contribution < -0.4 is 30.9 Å². The Morgan fingerprint density at radius 2 is 1.84 bits per heavy atom. The van der Waals surface area contributed by atoms with Crippen molar-refractivity contribution in [2.45, 2.75) is 19.4 Å². The fourth-order valence-corrected chi connectivity index (χ4v) is 3.76. The smallest absolute Gasteiger partial charge is 0.332 e. The van der Waals surface area contributed by atoms with Gasteiger partial charge in [-0.25, -0.2) is 4.79 Å². The van der Waals surface area contributed by atoms with Crippen molar-refractivity contribution in [2.75, 3.05) is 23.9 Å². The second-order valence-electron chi connectivity index (χ2n) is 7.27.